The van der Waals surface area contributed by atoms with E-state index in [2.05, 4.69) is 48.5 Å². The fraction of sp³-hybridized carbons (Fsp3) is 0.636. The van der Waals surface area contributed by atoms with Gasteiger partial charge >= 0.3 is 0 Å². The molecule has 1 saturated heterocycles. The second-order valence-corrected chi connectivity index (χ2v) is 8.31. The summed E-state index contributed by atoms with van der Waals surface area (Å²) >= 11 is 0. The summed E-state index contributed by atoms with van der Waals surface area (Å²) in [6.07, 6.45) is 5.08. The number of anilines is 1. The van der Waals surface area contributed by atoms with E-state index < -0.39 is 0 Å². The normalized spacial score (nSPS) is 16.3. The number of fused-ring (bicyclic) bond motifs is 1. The van der Waals surface area contributed by atoms with Crippen molar-refractivity contribution in [2.45, 2.75) is 72.4 Å². The Morgan fingerprint density at radius 2 is 2.04 bits per heavy atom. The van der Waals surface area contributed by atoms with Crippen molar-refractivity contribution in [1.82, 2.24) is 14.5 Å². The lowest BCUT2D eigenvalue weighted by molar-refractivity contribution is -0.116. The summed E-state index contributed by atoms with van der Waals surface area (Å²) in [5.41, 5.74) is 2.96. The van der Waals surface area contributed by atoms with Crippen molar-refractivity contribution in [2.24, 2.45) is 5.92 Å². The van der Waals surface area contributed by atoms with Gasteiger partial charge in [0.15, 0.2) is 0 Å². The first-order chi connectivity index (χ1) is 13.0. The van der Waals surface area contributed by atoms with Gasteiger partial charge in [-0.2, -0.15) is 0 Å². The number of aromatic nitrogens is 2. The summed E-state index contributed by atoms with van der Waals surface area (Å²) in [6.45, 7) is 12.1. The third kappa shape index (κ3) is 4.89. The number of rotatable bonds is 7. The van der Waals surface area contributed by atoms with Crippen LogP contribution in [0.25, 0.3) is 11.0 Å². The molecule has 1 amide bonds. The number of carbonyl (C=O) groups is 1. The number of likely N-dealkylation sites (tertiary alicyclic amines) is 1. The molecule has 0 bridgehead atoms. The Hall–Kier alpha value is -1.88. The third-order valence-electron chi connectivity index (χ3n) is 5.56. The zero-order valence-corrected chi connectivity index (χ0v) is 17.3. The molecule has 5 heteroatoms. The van der Waals surface area contributed by atoms with Crippen LogP contribution in [0.1, 0.15) is 71.7 Å². The molecule has 1 aliphatic heterocycles. The van der Waals surface area contributed by atoms with Gasteiger partial charge in [-0.15, -0.1) is 0 Å². The Kier molecular flexibility index (Phi) is 6.53. The van der Waals surface area contributed by atoms with E-state index in [1.807, 2.05) is 12.1 Å². The van der Waals surface area contributed by atoms with Crippen LogP contribution in [0.15, 0.2) is 18.2 Å². The molecule has 0 aliphatic carbocycles. The van der Waals surface area contributed by atoms with Crippen molar-refractivity contribution < 1.29 is 4.79 Å². The number of unbranched alkanes of at least 4 members (excludes halogenated alkanes) is 1. The Balaban J connectivity index is 1.81. The number of benzene rings is 1. The predicted molar refractivity (Wildman–Crippen MR) is 112 cm³/mol. The lowest BCUT2D eigenvalue weighted by Gasteiger charge is -2.30. The highest BCUT2D eigenvalue weighted by Gasteiger charge is 2.20. The smallest absolute Gasteiger partial charge is 0.224 e. The van der Waals surface area contributed by atoms with E-state index in [9.17, 15) is 4.79 Å². The summed E-state index contributed by atoms with van der Waals surface area (Å²) in [4.78, 5) is 19.5. The van der Waals surface area contributed by atoms with E-state index in [1.165, 1.54) is 12.8 Å². The molecule has 148 valence electrons. The Morgan fingerprint density at radius 1 is 1.30 bits per heavy atom. The first-order valence-electron chi connectivity index (χ1n) is 10.5. The number of nitrogens with zero attached hydrogens (tertiary/aromatic N) is 3. The monoisotopic (exact) mass is 370 g/mol. The standard InChI is InChI=1S/C22H34N4O/c1-5-6-7-22(27)23-18-8-9-20-19(14-18)24-21(26(20)16(2)3)15-25-12-10-17(4)11-13-25/h8-9,14,16-17H,5-7,10-13,15H2,1-4H3,(H,23,27). The van der Waals surface area contributed by atoms with Crippen LogP contribution < -0.4 is 5.32 Å². The Bertz CT molecular complexity index is 772. The van der Waals surface area contributed by atoms with E-state index in [1.54, 1.807) is 0 Å². The molecule has 2 heterocycles. The Labute approximate surface area is 163 Å². The van der Waals surface area contributed by atoms with Crippen molar-refractivity contribution in [3.63, 3.8) is 0 Å². The molecule has 0 radical (unpaired) electrons. The van der Waals surface area contributed by atoms with Gasteiger partial charge < -0.3 is 9.88 Å². The first kappa shape index (κ1) is 19.9. The summed E-state index contributed by atoms with van der Waals surface area (Å²) in [5.74, 6) is 2.05. The average molecular weight is 371 g/mol. The van der Waals surface area contributed by atoms with Gasteiger partial charge in [-0.3, -0.25) is 9.69 Å². The van der Waals surface area contributed by atoms with Crippen molar-refractivity contribution in [2.75, 3.05) is 18.4 Å². The van der Waals surface area contributed by atoms with Crippen LogP contribution in [0.2, 0.25) is 0 Å². The maximum atomic E-state index is 12.0. The van der Waals surface area contributed by atoms with Crippen molar-refractivity contribution in [3.8, 4) is 0 Å². The largest absolute Gasteiger partial charge is 0.326 e. The SMILES string of the molecule is CCCCC(=O)Nc1ccc2c(c1)nc(CN1CCC(C)CC1)n2C(C)C. The molecule has 3 rings (SSSR count). The molecule has 1 aliphatic rings. The second kappa shape index (κ2) is 8.87. The highest BCUT2D eigenvalue weighted by Crippen LogP contribution is 2.26. The van der Waals surface area contributed by atoms with E-state index in [0.717, 1.165) is 60.9 Å². The Morgan fingerprint density at radius 3 is 2.70 bits per heavy atom. The molecule has 0 saturated carbocycles. The number of imidazole rings is 1. The number of carbonyl (C=O) groups excluding carboxylic acids is 1. The molecule has 1 aromatic carbocycles. The van der Waals surface area contributed by atoms with Gasteiger partial charge in [0.2, 0.25) is 5.91 Å². The topological polar surface area (TPSA) is 50.2 Å². The van der Waals surface area contributed by atoms with Gasteiger partial charge in [0.1, 0.15) is 5.82 Å². The van der Waals surface area contributed by atoms with E-state index >= 15 is 0 Å². The molecule has 27 heavy (non-hydrogen) atoms. The molecule has 5 nitrogen and oxygen atoms in total. The molecule has 1 fully saturated rings. The number of hydrogen-bond acceptors (Lipinski definition) is 3. The number of hydrogen-bond donors (Lipinski definition) is 1. The van der Waals surface area contributed by atoms with E-state index in [4.69, 9.17) is 4.98 Å². The van der Waals surface area contributed by atoms with Crippen LogP contribution in [0.3, 0.4) is 0 Å². The first-order valence-corrected chi connectivity index (χ1v) is 10.5. The second-order valence-electron chi connectivity index (χ2n) is 8.31. The molecule has 1 aromatic heterocycles. The van der Waals surface area contributed by atoms with Crippen LogP contribution in [-0.4, -0.2) is 33.4 Å². The van der Waals surface area contributed by atoms with Crippen molar-refractivity contribution in [3.05, 3.63) is 24.0 Å². The lowest BCUT2D eigenvalue weighted by Crippen LogP contribution is -2.33. The molecule has 2 aromatic rings. The predicted octanol–water partition coefficient (Wildman–Crippen LogP) is 4.98. The highest BCUT2D eigenvalue weighted by molar-refractivity contribution is 5.93. The van der Waals surface area contributed by atoms with Gasteiger partial charge in [-0.25, -0.2) is 4.98 Å². The molecular weight excluding hydrogens is 336 g/mol. The van der Waals surface area contributed by atoms with Crippen LogP contribution in [0.4, 0.5) is 5.69 Å². The molecule has 0 unspecified atom stereocenters. The average Bonchev–Trinajstić information content (AvgIpc) is 2.99. The number of nitrogens with one attached hydrogen (secondary N) is 1. The zero-order chi connectivity index (χ0) is 19.4. The number of amides is 1. The van der Waals surface area contributed by atoms with Gasteiger partial charge in [-0.05, 0) is 70.3 Å². The zero-order valence-electron chi connectivity index (χ0n) is 17.3. The third-order valence-corrected chi connectivity index (χ3v) is 5.56. The number of piperidine rings is 1. The van der Waals surface area contributed by atoms with E-state index in [0.29, 0.717) is 12.5 Å². The van der Waals surface area contributed by atoms with Crippen molar-refractivity contribution >= 4 is 22.6 Å². The quantitative estimate of drug-likeness (QED) is 0.748. The lowest BCUT2D eigenvalue weighted by atomic mass is 9.99. The van der Waals surface area contributed by atoms with Crippen LogP contribution >= 0.6 is 0 Å². The minimum Gasteiger partial charge on any atom is -0.326 e. The highest BCUT2D eigenvalue weighted by atomic mass is 16.1. The van der Waals surface area contributed by atoms with Gasteiger partial charge in [0.05, 0.1) is 17.6 Å². The minimum absolute atomic E-state index is 0.0853. The molecule has 1 N–H and O–H groups in total. The van der Waals surface area contributed by atoms with Gasteiger partial charge in [0.25, 0.3) is 0 Å². The maximum absolute atomic E-state index is 12.0. The van der Waals surface area contributed by atoms with Gasteiger partial charge in [-0.1, -0.05) is 20.3 Å². The minimum atomic E-state index is 0.0853. The summed E-state index contributed by atoms with van der Waals surface area (Å²) in [5, 5.41) is 3.01. The fourth-order valence-corrected chi connectivity index (χ4v) is 3.90. The van der Waals surface area contributed by atoms with Crippen LogP contribution in [-0.2, 0) is 11.3 Å². The maximum Gasteiger partial charge on any atom is 0.224 e. The molecule has 0 atom stereocenters. The fourth-order valence-electron chi connectivity index (χ4n) is 3.90. The summed E-state index contributed by atoms with van der Waals surface area (Å²) in [6, 6.07) is 6.47. The summed E-state index contributed by atoms with van der Waals surface area (Å²) < 4.78 is 2.34. The van der Waals surface area contributed by atoms with Crippen LogP contribution in [0, 0.1) is 5.92 Å². The van der Waals surface area contributed by atoms with Crippen LogP contribution in [0.5, 0.6) is 0 Å². The summed E-state index contributed by atoms with van der Waals surface area (Å²) in [7, 11) is 0. The molecule has 0 spiro atoms. The van der Waals surface area contributed by atoms with E-state index in [-0.39, 0.29) is 5.91 Å². The van der Waals surface area contributed by atoms with Crippen molar-refractivity contribution in [1.29, 1.82) is 0 Å². The van der Waals surface area contributed by atoms with Gasteiger partial charge in [0, 0.05) is 18.2 Å². The molecular formula is C22H34N4O.